The van der Waals surface area contributed by atoms with Crippen LogP contribution in [0.4, 0.5) is 5.69 Å². The molecule has 1 aliphatic rings. The lowest BCUT2D eigenvalue weighted by Crippen LogP contribution is -2.25. The van der Waals surface area contributed by atoms with E-state index in [0.717, 1.165) is 22.6 Å². The Balaban J connectivity index is 2.27. The summed E-state index contributed by atoms with van der Waals surface area (Å²) in [5.74, 6) is 0. The molecule has 0 spiro atoms. The number of rotatable bonds is 4. The summed E-state index contributed by atoms with van der Waals surface area (Å²) < 4.78 is 1.08. The number of anilines is 1. The monoisotopic (exact) mass is 283 g/mol. The molecule has 0 unspecified atom stereocenters. The van der Waals surface area contributed by atoms with Crippen LogP contribution in [0.3, 0.4) is 0 Å². The number of hydrogen-bond donors (Lipinski definition) is 1. The summed E-state index contributed by atoms with van der Waals surface area (Å²) in [7, 11) is 0. The molecule has 0 aromatic heterocycles. The lowest BCUT2D eigenvalue weighted by molar-refractivity contribution is 0.199. The van der Waals surface area contributed by atoms with Gasteiger partial charge in [-0.1, -0.05) is 6.07 Å². The van der Waals surface area contributed by atoms with Gasteiger partial charge in [0.15, 0.2) is 0 Å². The summed E-state index contributed by atoms with van der Waals surface area (Å²) in [5, 5.41) is 9.52. The molecule has 2 nitrogen and oxygen atoms in total. The third kappa shape index (κ3) is 2.41. The molecule has 88 valence electrons. The normalized spacial score (nSPS) is 17.2. The molecule has 0 radical (unpaired) electrons. The quantitative estimate of drug-likeness (QED) is 0.914. The van der Waals surface area contributed by atoms with Crippen LogP contribution in [0.1, 0.15) is 38.4 Å². The minimum absolute atomic E-state index is 0.402. The van der Waals surface area contributed by atoms with Gasteiger partial charge in [-0.2, -0.15) is 0 Å². The van der Waals surface area contributed by atoms with Crippen LogP contribution in [0.5, 0.6) is 0 Å². The lowest BCUT2D eigenvalue weighted by atomic mass is 10.1. The molecular weight excluding hydrogens is 266 g/mol. The third-order valence-electron chi connectivity index (χ3n) is 3.09. The molecule has 2 rings (SSSR count). The second kappa shape index (κ2) is 4.76. The molecule has 0 amide bonds. The van der Waals surface area contributed by atoms with E-state index in [2.05, 4.69) is 33.8 Å². The van der Waals surface area contributed by atoms with Crippen molar-refractivity contribution in [3.63, 3.8) is 0 Å². The molecule has 3 heteroatoms. The van der Waals surface area contributed by atoms with Gasteiger partial charge in [0.25, 0.3) is 0 Å². The first kappa shape index (κ1) is 11.9. The molecule has 1 aromatic carbocycles. The second-order valence-electron chi connectivity index (χ2n) is 4.40. The number of benzene rings is 1. The van der Waals surface area contributed by atoms with Crippen LogP contribution in [0.25, 0.3) is 0 Å². The van der Waals surface area contributed by atoms with Crippen LogP contribution in [0.15, 0.2) is 22.7 Å². The van der Waals surface area contributed by atoms with Crippen molar-refractivity contribution in [3.05, 3.63) is 28.2 Å². The molecule has 1 N–H and O–H groups in total. The summed E-state index contributed by atoms with van der Waals surface area (Å²) in [6.07, 6.45) is 2.21. The molecule has 0 aliphatic heterocycles. The summed E-state index contributed by atoms with van der Waals surface area (Å²) in [6.45, 7) is 5.02. The third-order valence-corrected chi connectivity index (χ3v) is 3.73. The summed E-state index contributed by atoms with van der Waals surface area (Å²) >= 11 is 3.60. The fourth-order valence-electron chi connectivity index (χ4n) is 2.03. The van der Waals surface area contributed by atoms with Crippen molar-refractivity contribution in [2.24, 2.45) is 0 Å². The first-order valence-electron chi connectivity index (χ1n) is 5.87. The Labute approximate surface area is 105 Å². The zero-order chi connectivity index (χ0) is 11.7. The molecule has 1 aromatic rings. The highest BCUT2D eigenvalue weighted by Crippen LogP contribution is 2.36. The van der Waals surface area contributed by atoms with Crippen LogP contribution in [-0.2, 0) is 0 Å². The van der Waals surface area contributed by atoms with Gasteiger partial charge >= 0.3 is 0 Å². The fraction of sp³-hybridized carbons (Fsp3) is 0.538. The van der Waals surface area contributed by atoms with Crippen LogP contribution < -0.4 is 4.90 Å². The van der Waals surface area contributed by atoms with E-state index in [-0.39, 0.29) is 0 Å². The molecule has 1 atom stereocenters. The molecule has 0 heterocycles. The van der Waals surface area contributed by atoms with Crippen molar-refractivity contribution in [2.75, 3.05) is 11.4 Å². The van der Waals surface area contributed by atoms with Gasteiger partial charge in [0, 0.05) is 17.1 Å². The Hall–Kier alpha value is -0.540. The molecule has 16 heavy (non-hydrogen) atoms. The van der Waals surface area contributed by atoms with Gasteiger partial charge in [0.1, 0.15) is 0 Å². The van der Waals surface area contributed by atoms with Crippen molar-refractivity contribution in [1.82, 2.24) is 0 Å². The Morgan fingerprint density at radius 1 is 1.50 bits per heavy atom. The Morgan fingerprint density at radius 3 is 2.62 bits per heavy atom. The van der Waals surface area contributed by atoms with Crippen LogP contribution in [-0.4, -0.2) is 17.7 Å². The average molecular weight is 284 g/mol. The first-order chi connectivity index (χ1) is 7.63. The van der Waals surface area contributed by atoms with Gasteiger partial charge in [-0.05, 0) is 60.3 Å². The van der Waals surface area contributed by atoms with Crippen LogP contribution in [0, 0.1) is 0 Å². The van der Waals surface area contributed by atoms with E-state index in [1.165, 1.54) is 18.5 Å². The maximum Gasteiger partial charge on any atom is 0.0762 e. The smallest absolute Gasteiger partial charge is 0.0762 e. The van der Waals surface area contributed by atoms with E-state index in [4.69, 9.17) is 0 Å². The molecule has 1 aliphatic carbocycles. The summed E-state index contributed by atoms with van der Waals surface area (Å²) in [6, 6.07) is 6.85. The van der Waals surface area contributed by atoms with E-state index in [9.17, 15) is 5.11 Å². The maximum atomic E-state index is 9.52. The van der Waals surface area contributed by atoms with E-state index in [0.29, 0.717) is 0 Å². The van der Waals surface area contributed by atoms with Gasteiger partial charge in [-0.3, -0.25) is 0 Å². The topological polar surface area (TPSA) is 23.5 Å². The van der Waals surface area contributed by atoms with Crippen molar-refractivity contribution in [1.29, 1.82) is 0 Å². The Morgan fingerprint density at radius 2 is 2.19 bits per heavy atom. The number of nitrogens with zero attached hydrogens (tertiary/aromatic N) is 1. The maximum absolute atomic E-state index is 9.52. The molecule has 0 saturated heterocycles. The van der Waals surface area contributed by atoms with E-state index in [1.54, 1.807) is 6.92 Å². The van der Waals surface area contributed by atoms with E-state index < -0.39 is 6.10 Å². The number of halogens is 1. The second-order valence-corrected chi connectivity index (χ2v) is 5.26. The average Bonchev–Trinajstić information content (AvgIpc) is 3.05. The highest BCUT2D eigenvalue weighted by molar-refractivity contribution is 9.10. The number of aliphatic hydroxyl groups excluding tert-OH is 1. The predicted molar refractivity (Wildman–Crippen MR) is 70.8 cm³/mol. The molecule has 1 saturated carbocycles. The zero-order valence-corrected chi connectivity index (χ0v) is 11.4. The first-order valence-corrected chi connectivity index (χ1v) is 6.67. The van der Waals surface area contributed by atoms with Gasteiger partial charge in [-0.15, -0.1) is 0 Å². The van der Waals surface area contributed by atoms with Crippen LogP contribution in [0.2, 0.25) is 0 Å². The van der Waals surface area contributed by atoms with Crippen LogP contribution >= 0.6 is 15.9 Å². The highest BCUT2D eigenvalue weighted by Gasteiger charge is 2.29. The minimum atomic E-state index is -0.402. The standard InChI is InChI=1S/C13H18BrNO/c1-3-15(11-5-6-11)13-7-4-10(9(2)16)8-12(13)14/h4,7-9,11,16H,3,5-6H2,1-2H3/t9-/m0/s1. The Bertz CT molecular complexity index is 374. The van der Waals surface area contributed by atoms with Gasteiger partial charge in [-0.25, -0.2) is 0 Å². The van der Waals surface area contributed by atoms with Gasteiger partial charge in [0.2, 0.25) is 0 Å². The summed E-state index contributed by atoms with van der Waals surface area (Å²) in [4.78, 5) is 2.43. The Kier molecular flexibility index (Phi) is 3.55. The van der Waals surface area contributed by atoms with Crippen molar-refractivity contribution in [2.45, 2.75) is 38.8 Å². The summed E-state index contributed by atoms with van der Waals surface area (Å²) in [5.41, 5.74) is 2.21. The number of aliphatic hydroxyl groups is 1. The van der Waals surface area contributed by atoms with E-state index >= 15 is 0 Å². The largest absolute Gasteiger partial charge is 0.389 e. The van der Waals surface area contributed by atoms with Gasteiger partial charge in [0.05, 0.1) is 11.8 Å². The van der Waals surface area contributed by atoms with Gasteiger partial charge < -0.3 is 10.0 Å². The SMILES string of the molecule is CCN(c1ccc([C@H](C)O)cc1Br)C1CC1. The van der Waals surface area contributed by atoms with E-state index in [1.807, 2.05) is 12.1 Å². The molecule has 0 bridgehead atoms. The molecule has 1 fully saturated rings. The predicted octanol–water partition coefficient (Wildman–Crippen LogP) is 3.49. The van der Waals surface area contributed by atoms with Crippen molar-refractivity contribution >= 4 is 21.6 Å². The lowest BCUT2D eigenvalue weighted by Gasteiger charge is -2.24. The molecular formula is C13H18BrNO. The number of hydrogen-bond acceptors (Lipinski definition) is 2. The van der Waals surface area contributed by atoms with Crippen molar-refractivity contribution < 1.29 is 5.11 Å². The fourth-order valence-corrected chi connectivity index (χ4v) is 2.65. The zero-order valence-electron chi connectivity index (χ0n) is 9.78. The highest BCUT2D eigenvalue weighted by atomic mass is 79.9. The minimum Gasteiger partial charge on any atom is -0.389 e. The van der Waals surface area contributed by atoms with Crippen molar-refractivity contribution in [3.8, 4) is 0 Å².